The molecule has 164 valence electrons. The van der Waals surface area contributed by atoms with E-state index in [0.29, 0.717) is 5.69 Å². The molecule has 31 heavy (non-hydrogen) atoms. The normalized spacial score (nSPS) is 15.8. The fourth-order valence-electron chi connectivity index (χ4n) is 3.46. The number of rotatable bonds is 7. The van der Waals surface area contributed by atoms with Gasteiger partial charge in [-0.2, -0.15) is 0 Å². The first-order chi connectivity index (χ1) is 14.8. The van der Waals surface area contributed by atoms with Gasteiger partial charge in [-0.15, -0.1) is 11.8 Å². The van der Waals surface area contributed by atoms with Crippen molar-refractivity contribution in [1.29, 1.82) is 0 Å². The SMILES string of the molecule is CCN(CC(=O)Nc1c(F)cccc1F)C(=O)C1CC(=O)N(c2ccc(SC)cc2)C1. The Bertz CT molecular complexity index is 964. The smallest absolute Gasteiger partial charge is 0.244 e. The van der Waals surface area contributed by atoms with E-state index >= 15 is 0 Å². The highest BCUT2D eigenvalue weighted by Crippen LogP contribution is 2.28. The molecule has 3 amide bonds. The second-order valence-corrected chi connectivity index (χ2v) is 7.98. The lowest BCUT2D eigenvalue weighted by Gasteiger charge is -2.24. The van der Waals surface area contributed by atoms with E-state index in [-0.39, 0.29) is 37.9 Å². The molecule has 1 aliphatic rings. The molecule has 0 aliphatic carbocycles. The predicted molar refractivity (Wildman–Crippen MR) is 116 cm³/mol. The Hall–Kier alpha value is -2.94. The average molecular weight is 448 g/mol. The number of nitrogens with zero attached hydrogens (tertiary/aromatic N) is 2. The van der Waals surface area contributed by atoms with Crippen molar-refractivity contribution in [3.63, 3.8) is 0 Å². The number of halogens is 2. The second kappa shape index (κ2) is 9.91. The maximum Gasteiger partial charge on any atom is 0.244 e. The van der Waals surface area contributed by atoms with E-state index in [1.165, 1.54) is 11.0 Å². The number of para-hydroxylation sites is 1. The fourth-order valence-corrected chi connectivity index (χ4v) is 3.87. The van der Waals surface area contributed by atoms with Crippen LogP contribution in [0.5, 0.6) is 0 Å². The summed E-state index contributed by atoms with van der Waals surface area (Å²) in [5.74, 6) is -3.61. The third kappa shape index (κ3) is 5.22. The van der Waals surface area contributed by atoms with Crippen LogP contribution in [0.1, 0.15) is 13.3 Å². The third-order valence-corrected chi connectivity index (χ3v) is 5.86. The van der Waals surface area contributed by atoms with Gasteiger partial charge in [0, 0.05) is 30.1 Å². The highest BCUT2D eigenvalue weighted by Gasteiger charge is 2.37. The van der Waals surface area contributed by atoms with Gasteiger partial charge in [0.15, 0.2) is 0 Å². The molecule has 9 heteroatoms. The van der Waals surface area contributed by atoms with Crippen LogP contribution in [-0.4, -0.2) is 48.5 Å². The maximum atomic E-state index is 13.7. The third-order valence-electron chi connectivity index (χ3n) is 5.11. The Morgan fingerprint density at radius 2 is 1.81 bits per heavy atom. The summed E-state index contributed by atoms with van der Waals surface area (Å²) in [5.41, 5.74) is 0.167. The first-order valence-corrected chi connectivity index (χ1v) is 11.0. The number of nitrogens with one attached hydrogen (secondary N) is 1. The zero-order chi connectivity index (χ0) is 22.5. The van der Waals surface area contributed by atoms with Crippen LogP contribution in [0.2, 0.25) is 0 Å². The number of amides is 3. The summed E-state index contributed by atoms with van der Waals surface area (Å²) in [6, 6.07) is 10.8. The van der Waals surface area contributed by atoms with Crippen LogP contribution in [0.15, 0.2) is 47.4 Å². The van der Waals surface area contributed by atoms with Crippen molar-refractivity contribution >= 4 is 40.9 Å². The molecule has 2 aromatic carbocycles. The van der Waals surface area contributed by atoms with Gasteiger partial charge in [-0.05, 0) is 49.6 Å². The van der Waals surface area contributed by atoms with Crippen LogP contribution < -0.4 is 10.2 Å². The van der Waals surface area contributed by atoms with E-state index in [1.807, 2.05) is 30.5 Å². The summed E-state index contributed by atoms with van der Waals surface area (Å²) in [4.78, 5) is 41.6. The number of hydrogen-bond donors (Lipinski definition) is 1. The molecule has 1 unspecified atom stereocenters. The van der Waals surface area contributed by atoms with Crippen molar-refractivity contribution in [2.45, 2.75) is 18.2 Å². The summed E-state index contributed by atoms with van der Waals surface area (Å²) < 4.78 is 27.5. The molecule has 1 atom stereocenters. The molecular weight excluding hydrogens is 424 g/mol. The lowest BCUT2D eigenvalue weighted by molar-refractivity contribution is -0.138. The zero-order valence-corrected chi connectivity index (χ0v) is 18.0. The Labute approximate surface area is 183 Å². The van der Waals surface area contributed by atoms with E-state index in [0.717, 1.165) is 17.0 Å². The summed E-state index contributed by atoms with van der Waals surface area (Å²) >= 11 is 1.59. The topological polar surface area (TPSA) is 69.7 Å². The Morgan fingerprint density at radius 3 is 2.39 bits per heavy atom. The average Bonchev–Trinajstić information content (AvgIpc) is 3.16. The molecule has 1 aliphatic heterocycles. The van der Waals surface area contributed by atoms with Crippen molar-refractivity contribution in [2.75, 3.05) is 36.1 Å². The number of anilines is 2. The molecule has 2 aromatic rings. The Balaban J connectivity index is 1.64. The van der Waals surface area contributed by atoms with Crippen LogP contribution in [0, 0.1) is 17.6 Å². The van der Waals surface area contributed by atoms with Gasteiger partial charge in [-0.25, -0.2) is 8.78 Å². The molecule has 0 spiro atoms. The minimum atomic E-state index is -0.896. The van der Waals surface area contributed by atoms with E-state index in [9.17, 15) is 23.2 Å². The largest absolute Gasteiger partial charge is 0.333 e. The minimum absolute atomic E-state index is 0.0448. The molecule has 0 radical (unpaired) electrons. The predicted octanol–water partition coefficient (Wildman–Crippen LogP) is 3.53. The van der Waals surface area contributed by atoms with Crippen molar-refractivity contribution < 1.29 is 23.2 Å². The molecule has 0 bridgehead atoms. The van der Waals surface area contributed by atoms with Gasteiger partial charge >= 0.3 is 0 Å². The molecular formula is C22H23F2N3O3S. The van der Waals surface area contributed by atoms with Gasteiger partial charge in [0.25, 0.3) is 0 Å². The summed E-state index contributed by atoms with van der Waals surface area (Å²) in [6.07, 6.45) is 2.00. The van der Waals surface area contributed by atoms with E-state index in [2.05, 4.69) is 5.32 Å². The monoisotopic (exact) mass is 447 g/mol. The van der Waals surface area contributed by atoms with Crippen molar-refractivity contribution in [2.24, 2.45) is 5.92 Å². The van der Waals surface area contributed by atoms with Crippen molar-refractivity contribution in [3.8, 4) is 0 Å². The second-order valence-electron chi connectivity index (χ2n) is 7.10. The Kier molecular flexibility index (Phi) is 7.27. The molecule has 0 aromatic heterocycles. The summed E-state index contributed by atoms with van der Waals surface area (Å²) in [6.45, 7) is 1.77. The molecule has 6 nitrogen and oxygen atoms in total. The van der Waals surface area contributed by atoms with Crippen LogP contribution in [0.4, 0.5) is 20.2 Å². The van der Waals surface area contributed by atoms with Crippen molar-refractivity contribution in [3.05, 3.63) is 54.1 Å². The molecule has 0 saturated carbocycles. The van der Waals surface area contributed by atoms with Crippen molar-refractivity contribution in [1.82, 2.24) is 4.90 Å². The molecule has 1 fully saturated rings. The van der Waals surface area contributed by atoms with Gasteiger partial charge in [-0.3, -0.25) is 14.4 Å². The molecule has 1 heterocycles. The van der Waals surface area contributed by atoms with Gasteiger partial charge in [0.1, 0.15) is 17.3 Å². The summed E-state index contributed by atoms with van der Waals surface area (Å²) in [7, 11) is 0. The number of likely N-dealkylation sites (N-methyl/N-ethyl adjacent to an activating group) is 1. The van der Waals surface area contributed by atoms with Gasteiger partial charge < -0.3 is 15.1 Å². The number of benzene rings is 2. The van der Waals surface area contributed by atoms with Crippen LogP contribution in [-0.2, 0) is 14.4 Å². The number of thioether (sulfide) groups is 1. The number of carbonyl (C=O) groups excluding carboxylic acids is 3. The van der Waals surface area contributed by atoms with E-state index in [4.69, 9.17) is 0 Å². The zero-order valence-electron chi connectivity index (χ0n) is 17.2. The number of hydrogen-bond acceptors (Lipinski definition) is 4. The number of carbonyl (C=O) groups is 3. The lowest BCUT2D eigenvalue weighted by Crippen LogP contribution is -2.42. The van der Waals surface area contributed by atoms with Crippen LogP contribution in [0.3, 0.4) is 0 Å². The lowest BCUT2D eigenvalue weighted by atomic mass is 10.1. The van der Waals surface area contributed by atoms with Gasteiger partial charge in [-0.1, -0.05) is 6.07 Å². The van der Waals surface area contributed by atoms with Crippen LogP contribution in [0.25, 0.3) is 0 Å². The van der Waals surface area contributed by atoms with Gasteiger partial charge in [0.05, 0.1) is 12.5 Å². The van der Waals surface area contributed by atoms with Gasteiger partial charge in [0.2, 0.25) is 17.7 Å². The highest BCUT2D eigenvalue weighted by atomic mass is 32.2. The quantitative estimate of drug-likeness (QED) is 0.660. The minimum Gasteiger partial charge on any atom is -0.333 e. The fraction of sp³-hybridized carbons (Fsp3) is 0.318. The summed E-state index contributed by atoms with van der Waals surface area (Å²) in [5, 5.41) is 2.18. The first-order valence-electron chi connectivity index (χ1n) is 9.81. The standard InChI is InChI=1S/C22H23F2N3O3S/c1-3-26(13-19(28)25-21-17(23)5-4-6-18(21)24)22(30)14-11-20(29)27(12-14)15-7-9-16(31-2)10-8-15/h4-10,14H,3,11-13H2,1-2H3,(H,25,28). The first kappa shape index (κ1) is 22.7. The Morgan fingerprint density at radius 1 is 1.16 bits per heavy atom. The van der Waals surface area contributed by atoms with Crippen LogP contribution >= 0.6 is 11.8 Å². The van der Waals surface area contributed by atoms with E-state index in [1.54, 1.807) is 23.6 Å². The maximum absolute atomic E-state index is 13.7. The molecule has 1 N–H and O–H groups in total. The molecule has 3 rings (SSSR count). The van der Waals surface area contributed by atoms with E-state index < -0.39 is 29.1 Å². The highest BCUT2D eigenvalue weighted by molar-refractivity contribution is 7.98. The molecule has 1 saturated heterocycles.